The summed E-state index contributed by atoms with van der Waals surface area (Å²) < 4.78 is 0. The standard InChI is InChI=1S/C11H16N2O4/c1-6(8(14)13-7-2-3-7)12-9(15)11(4-5-11)10(16)17/h6-7H,2-5H2,1H3,(H,12,15)(H,13,14)(H,16,17). The molecule has 2 aliphatic carbocycles. The van der Waals surface area contributed by atoms with Crippen LogP contribution in [0.3, 0.4) is 0 Å². The molecule has 2 rings (SSSR count). The van der Waals surface area contributed by atoms with Crippen LogP contribution in [0.5, 0.6) is 0 Å². The summed E-state index contributed by atoms with van der Waals surface area (Å²) in [6.45, 7) is 1.56. The third kappa shape index (κ3) is 2.40. The molecule has 3 N–H and O–H groups in total. The van der Waals surface area contributed by atoms with Crippen molar-refractivity contribution in [1.29, 1.82) is 0 Å². The summed E-state index contributed by atoms with van der Waals surface area (Å²) in [5, 5.41) is 14.1. The fourth-order valence-corrected chi connectivity index (χ4v) is 1.62. The minimum atomic E-state index is -1.28. The Bertz CT molecular complexity index is 372. The number of carbonyl (C=O) groups excluding carboxylic acids is 2. The molecule has 1 atom stereocenters. The summed E-state index contributed by atoms with van der Waals surface area (Å²) in [5.74, 6) is -1.91. The second-order valence-electron chi connectivity index (χ2n) is 4.87. The smallest absolute Gasteiger partial charge is 0.319 e. The number of amides is 2. The number of carbonyl (C=O) groups is 3. The van der Waals surface area contributed by atoms with Gasteiger partial charge in [-0.1, -0.05) is 0 Å². The SMILES string of the molecule is CC(NC(=O)C1(C(=O)O)CC1)C(=O)NC1CC1. The predicted molar refractivity (Wildman–Crippen MR) is 58.1 cm³/mol. The van der Waals surface area contributed by atoms with E-state index in [1.54, 1.807) is 6.92 Å². The van der Waals surface area contributed by atoms with Crippen molar-refractivity contribution in [2.75, 3.05) is 0 Å². The summed E-state index contributed by atoms with van der Waals surface area (Å²) >= 11 is 0. The molecule has 94 valence electrons. The van der Waals surface area contributed by atoms with Gasteiger partial charge in [0.2, 0.25) is 11.8 Å². The minimum absolute atomic E-state index is 0.233. The van der Waals surface area contributed by atoms with E-state index in [1.807, 2.05) is 0 Å². The van der Waals surface area contributed by atoms with Crippen LogP contribution >= 0.6 is 0 Å². The van der Waals surface area contributed by atoms with Gasteiger partial charge in [-0.05, 0) is 32.6 Å². The largest absolute Gasteiger partial charge is 0.480 e. The van der Waals surface area contributed by atoms with Crippen molar-refractivity contribution in [3.63, 3.8) is 0 Å². The van der Waals surface area contributed by atoms with Crippen LogP contribution in [0.4, 0.5) is 0 Å². The Kier molecular flexibility index (Phi) is 2.81. The molecule has 6 nitrogen and oxygen atoms in total. The fraction of sp³-hybridized carbons (Fsp3) is 0.727. The lowest BCUT2D eigenvalue weighted by molar-refractivity contribution is -0.149. The summed E-state index contributed by atoms with van der Waals surface area (Å²) in [5.41, 5.74) is -1.28. The van der Waals surface area contributed by atoms with E-state index in [9.17, 15) is 14.4 Å². The maximum atomic E-state index is 11.7. The van der Waals surface area contributed by atoms with E-state index in [4.69, 9.17) is 5.11 Å². The molecule has 0 aromatic rings. The molecule has 0 spiro atoms. The quantitative estimate of drug-likeness (QED) is 0.571. The van der Waals surface area contributed by atoms with Gasteiger partial charge in [0.25, 0.3) is 0 Å². The summed E-state index contributed by atoms with van der Waals surface area (Å²) in [7, 11) is 0. The van der Waals surface area contributed by atoms with Crippen molar-refractivity contribution in [3.8, 4) is 0 Å². The third-order valence-corrected chi connectivity index (χ3v) is 3.26. The number of carboxylic acid groups (broad SMARTS) is 1. The fourth-order valence-electron chi connectivity index (χ4n) is 1.62. The zero-order chi connectivity index (χ0) is 12.6. The Morgan fingerprint density at radius 1 is 1.29 bits per heavy atom. The van der Waals surface area contributed by atoms with Crippen molar-refractivity contribution in [1.82, 2.24) is 10.6 Å². The third-order valence-electron chi connectivity index (χ3n) is 3.26. The minimum Gasteiger partial charge on any atom is -0.480 e. The first kappa shape index (κ1) is 11.9. The summed E-state index contributed by atoms with van der Waals surface area (Å²) in [4.78, 5) is 34.2. The first-order valence-corrected chi connectivity index (χ1v) is 5.80. The van der Waals surface area contributed by atoms with Gasteiger partial charge in [-0.3, -0.25) is 14.4 Å². The molecule has 2 aliphatic rings. The predicted octanol–water partition coefficient (Wildman–Crippen LogP) is -0.365. The van der Waals surface area contributed by atoms with Crippen molar-refractivity contribution >= 4 is 17.8 Å². The molecule has 0 saturated heterocycles. The van der Waals surface area contributed by atoms with Gasteiger partial charge in [0.1, 0.15) is 11.5 Å². The number of carboxylic acids is 1. The Labute approximate surface area is 98.8 Å². The van der Waals surface area contributed by atoms with Gasteiger partial charge in [-0.25, -0.2) is 0 Å². The normalized spacial score (nSPS) is 22.4. The van der Waals surface area contributed by atoms with E-state index in [0.717, 1.165) is 12.8 Å². The second kappa shape index (κ2) is 4.01. The lowest BCUT2D eigenvalue weighted by Gasteiger charge is -2.16. The number of rotatable bonds is 5. The second-order valence-corrected chi connectivity index (χ2v) is 4.87. The number of hydrogen-bond donors (Lipinski definition) is 3. The number of nitrogens with one attached hydrogen (secondary N) is 2. The first-order chi connectivity index (χ1) is 7.95. The molecule has 0 radical (unpaired) electrons. The molecule has 6 heteroatoms. The van der Waals surface area contributed by atoms with Crippen LogP contribution in [0.1, 0.15) is 32.6 Å². The van der Waals surface area contributed by atoms with Gasteiger partial charge in [0, 0.05) is 6.04 Å². The molecule has 0 aromatic heterocycles. The first-order valence-electron chi connectivity index (χ1n) is 5.80. The zero-order valence-electron chi connectivity index (χ0n) is 9.66. The molecule has 0 heterocycles. The lowest BCUT2D eigenvalue weighted by Crippen LogP contribution is -2.49. The maximum Gasteiger partial charge on any atom is 0.319 e. The van der Waals surface area contributed by atoms with Crippen LogP contribution in [0.25, 0.3) is 0 Å². The van der Waals surface area contributed by atoms with Crippen LogP contribution in [0, 0.1) is 5.41 Å². The molecule has 2 amide bonds. The van der Waals surface area contributed by atoms with Crippen LogP contribution in [0.15, 0.2) is 0 Å². The van der Waals surface area contributed by atoms with E-state index in [-0.39, 0.29) is 11.9 Å². The van der Waals surface area contributed by atoms with Crippen molar-refractivity contribution < 1.29 is 19.5 Å². The van der Waals surface area contributed by atoms with Crippen LogP contribution < -0.4 is 10.6 Å². The van der Waals surface area contributed by atoms with E-state index in [1.165, 1.54) is 0 Å². The molecule has 0 aromatic carbocycles. The van der Waals surface area contributed by atoms with Gasteiger partial charge in [0.05, 0.1) is 0 Å². The van der Waals surface area contributed by atoms with E-state index in [0.29, 0.717) is 12.8 Å². The average Bonchev–Trinajstić information content (AvgIpc) is 3.12. The van der Waals surface area contributed by atoms with Gasteiger partial charge in [-0.2, -0.15) is 0 Å². The molecular formula is C11H16N2O4. The molecular weight excluding hydrogens is 224 g/mol. The molecule has 0 aliphatic heterocycles. The summed E-state index contributed by atoms with van der Waals surface area (Å²) in [6, 6.07) is -0.448. The highest BCUT2D eigenvalue weighted by molar-refractivity contribution is 6.06. The number of aliphatic carboxylic acids is 1. The molecule has 17 heavy (non-hydrogen) atoms. The van der Waals surface area contributed by atoms with Gasteiger partial charge < -0.3 is 15.7 Å². The zero-order valence-corrected chi connectivity index (χ0v) is 9.66. The highest BCUT2D eigenvalue weighted by atomic mass is 16.4. The van der Waals surface area contributed by atoms with Crippen LogP contribution in [0.2, 0.25) is 0 Å². The number of hydrogen-bond acceptors (Lipinski definition) is 3. The Hall–Kier alpha value is -1.59. The van der Waals surface area contributed by atoms with Crippen molar-refractivity contribution in [2.45, 2.75) is 44.7 Å². The summed E-state index contributed by atoms with van der Waals surface area (Å²) in [6.07, 6.45) is 2.66. The molecule has 1 unspecified atom stereocenters. The van der Waals surface area contributed by atoms with Crippen LogP contribution in [-0.2, 0) is 14.4 Å². The van der Waals surface area contributed by atoms with E-state index < -0.39 is 23.3 Å². The molecule has 0 bridgehead atoms. The Balaban J connectivity index is 1.85. The average molecular weight is 240 g/mol. The van der Waals surface area contributed by atoms with Crippen LogP contribution in [-0.4, -0.2) is 35.0 Å². The van der Waals surface area contributed by atoms with Crippen molar-refractivity contribution in [3.05, 3.63) is 0 Å². The van der Waals surface area contributed by atoms with Gasteiger partial charge >= 0.3 is 5.97 Å². The van der Waals surface area contributed by atoms with Crippen molar-refractivity contribution in [2.24, 2.45) is 5.41 Å². The van der Waals surface area contributed by atoms with Gasteiger partial charge in [-0.15, -0.1) is 0 Å². The highest BCUT2D eigenvalue weighted by Gasteiger charge is 2.57. The monoisotopic (exact) mass is 240 g/mol. The Morgan fingerprint density at radius 3 is 2.29 bits per heavy atom. The molecule has 2 fully saturated rings. The van der Waals surface area contributed by atoms with Gasteiger partial charge in [0.15, 0.2) is 0 Å². The topological polar surface area (TPSA) is 95.5 Å². The molecule has 2 saturated carbocycles. The maximum absolute atomic E-state index is 11.7. The highest BCUT2D eigenvalue weighted by Crippen LogP contribution is 2.46. The Morgan fingerprint density at radius 2 is 1.88 bits per heavy atom. The van der Waals surface area contributed by atoms with E-state index in [2.05, 4.69) is 10.6 Å². The lowest BCUT2D eigenvalue weighted by atomic mass is 10.1. The van der Waals surface area contributed by atoms with E-state index >= 15 is 0 Å².